The number of rotatable bonds is 5. The highest BCUT2D eigenvalue weighted by Crippen LogP contribution is 2.21. The van der Waals surface area contributed by atoms with Crippen LogP contribution in [0, 0.1) is 19.8 Å². The van der Waals surface area contributed by atoms with E-state index in [9.17, 15) is 9.59 Å². The minimum absolute atomic E-state index is 0.0639. The van der Waals surface area contributed by atoms with Crippen LogP contribution >= 0.6 is 0 Å². The van der Waals surface area contributed by atoms with Crippen molar-refractivity contribution in [3.05, 3.63) is 17.5 Å². The molecule has 1 fully saturated rings. The number of carboxylic acids is 1. The van der Waals surface area contributed by atoms with E-state index in [4.69, 9.17) is 5.11 Å². The van der Waals surface area contributed by atoms with Gasteiger partial charge in [-0.05, 0) is 38.7 Å². The van der Waals surface area contributed by atoms with E-state index in [1.807, 2.05) is 24.8 Å². The first kappa shape index (κ1) is 14.6. The van der Waals surface area contributed by atoms with Gasteiger partial charge in [-0.2, -0.15) is 5.10 Å². The third-order valence-corrected chi connectivity index (χ3v) is 3.79. The Bertz CT molecular complexity index is 510. The van der Waals surface area contributed by atoms with Gasteiger partial charge >= 0.3 is 5.97 Å². The van der Waals surface area contributed by atoms with E-state index < -0.39 is 5.97 Å². The van der Waals surface area contributed by atoms with Gasteiger partial charge in [0.2, 0.25) is 5.91 Å². The van der Waals surface area contributed by atoms with Crippen molar-refractivity contribution in [2.75, 3.05) is 13.1 Å². The lowest BCUT2D eigenvalue weighted by Crippen LogP contribution is -2.32. The molecular weight excluding hydrogens is 258 g/mol. The van der Waals surface area contributed by atoms with Gasteiger partial charge in [0.15, 0.2) is 0 Å². The monoisotopic (exact) mass is 279 g/mol. The fourth-order valence-corrected chi connectivity index (χ4v) is 2.69. The summed E-state index contributed by atoms with van der Waals surface area (Å²) in [7, 11) is 0. The van der Waals surface area contributed by atoms with Gasteiger partial charge in [0.05, 0.1) is 5.69 Å². The molecule has 1 atom stereocenters. The first-order chi connectivity index (χ1) is 9.45. The van der Waals surface area contributed by atoms with Gasteiger partial charge in [-0.3, -0.25) is 14.3 Å². The van der Waals surface area contributed by atoms with Gasteiger partial charge in [0.1, 0.15) is 6.54 Å². The number of hydrogen-bond acceptors (Lipinski definition) is 3. The van der Waals surface area contributed by atoms with E-state index in [1.165, 1.54) is 0 Å². The van der Waals surface area contributed by atoms with Crippen LogP contribution in [0.4, 0.5) is 0 Å². The molecule has 1 N–H and O–H groups in total. The summed E-state index contributed by atoms with van der Waals surface area (Å²) < 4.78 is 1.72. The van der Waals surface area contributed by atoms with Crippen molar-refractivity contribution in [1.29, 1.82) is 0 Å². The van der Waals surface area contributed by atoms with Crippen LogP contribution in [0.5, 0.6) is 0 Å². The zero-order valence-electron chi connectivity index (χ0n) is 12.0. The lowest BCUT2D eigenvalue weighted by Gasteiger charge is -2.17. The fraction of sp³-hybridized carbons (Fsp3) is 0.643. The number of carbonyl (C=O) groups is 2. The molecule has 1 amide bonds. The molecule has 0 radical (unpaired) electrons. The average molecular weight is 279 g/mol. The minimum atomic E-state index is -0.766. The highest BCUT2D eigenvalue weighted by Gasteiger charge is 2.26. The Kier molecular flexibility index (Phi) is 4.42. The van der Waals surface area contributed by atoms with Gasteiger partial charge in [0.25, 0.3) is 0 Å². The van der Waals surface area contributed by atoms with Gasteiger partial charge in [-0.15, -0.1) is 0 Å². The summed E-state index contributed by atoms with van der Waals surface area (Å²) in [6.45, 7) is 5.51. The molecule has 2 rings (SSSR count). The molecule has 20 heavy (non-hydrogen) atoms. The summed E-state index contributed by atoms with van der Waals surface area (Å²) in [5.74, 6) is -0.387. The SMILES string of the molecule is Cc1cc(C)n(CC(=O)N2CCC(CCC(=O)O)C2)n1. The fourth-order valence-electron chi connectivity index (χ4n) is 2.69. The largest absolute Gasteiger partial charge is 0.481 e. The highest BCUT2D eigenvalue weighted by molar-refractivity contribution is 5.76. The molecule has 2 heterocycles. The summed E-state index contributed by atoms with van der Waals surface area (Å²) >= 11 is 0. The van der Waals surface area contributed by atoms with Crippen molar-refractivity contribution in [1.82, 2.24) is 14.7 Å². The molecule has 1 aromatic rings. The number of aromatic nitrogens is 2. The van der Waals surface area contributed by atoms with E-state index in [2.05, 4.69) is 5.10 Å². The second kappa shape index (κ2) is 6.07. The molecule has 0 bridgehead atoms. The Morgan fingerprint density at radius 2 is 2.20 bits per heavy atom. The van der Waals surface area contributed by atoms with Crippen LogP contribution in [0.15, 0.2) is 6.07 Å². The maximum atomic E-state index is 12.2. The van der Waals surface area contributed by atoms with Crippen molar-refractivity contribution in [3.8, 4) is 0 Å². The maximum absolute atomic E-state index is 12.2. The molecule has 6 heteroatoms. The van der Waals surface area contributed by atoms with E-state index in [0.717, 1.165) is 24.4 Å². The van der Waals surface area contributed by atoms with Crippen molar-refractivity contribution < 1.29 is 14.7 Å². The second-order valence-corrected chi connectivity index (χ2v) is 5.51. The zero-order valence-corrected chi connectivity index (χ0v) is 12.0. The van der Waals surface area contributed by atoms with Gasteiger partial charge in [-0.1, -0.05) is 0 Å². The Morgan fingerprint density at radius 3 is 2.80 bits per heavy atom. The third kappa shape index (κ3) is 3.59. The quantitative estimate of drug-likeness (QED) is 0.879. The van der Waals surface area contributed by atoms with Crippen LogP contribution in [0.1, 0.15) is 30.7 Å². The first-order valence-corrected chi connectivity index (χ1v) is 6.96. The summed E-state index contributed by atoms with van der Waals surface area (Å²) in [4.78, 5) is 24.6. The summed E-state index contributed by atoms with van der Waals surface area (Å²) in [5.41, 5.74) is 1.90. The number of nitrogens with zero attached hydrogens (tertiary/aromatic N) is 3. The van der Waals surface area contributed by atoms with Crippen molar-refractivity contribution in [2.45, 2.75) is 39.7 Å². The highest BCUT2D eigenvalue weighted by atomic mass is 16.4. The lowest BCUT2D eigenvalue weighted by atomic mass is 10.0. The summed E-state index contributed by atoms with van der Waals surface area (Å²) in [6.07, 6.45) is 1.74. The Morgan fingerprint density at radius 1 is 1.45 bits per heavy atom. The predicted molar refractivity (Wildman–Crippen MR) is 73.3 cm³/mol. The predicted octanol–water partition coefficient (Wildman–Crippen LogP) is 1.21. The molecular formula is C14H21N3O3. The van der Waals surface area contributed by atoms with Crippen LogP contribution in [0.2, 0.25) is 0 Å². The number of aliphatic carboxylic acids is 1. The first-order valence-electron chi connectivity index (χ1n) is 6.96. The standard InChI is InChI=1S/C14H21N3O3/c1-10-7-11(2)17(15-10)9-13(18)16-6-5-12(8-16)3-4-14(19)20/h7,12H,3-6,8-9H2,1-2H3,(H,19,20). The zero-order chi connectivity index (χ0) is 14.7. The third-order valence-electron chi connectivity index (χ3n) is 3.79. The van der Waals surface area contributed by atoms with Crippen LogP contribution in [0.3, 0.4) is 0 Å². The van der Waals surface area contributed by atoms with Crippen LogP contribution in [0.25, 0.3) is 0 Å². The number of hydrogen-bond donors (Lipinski definition) is 1. The van der Waals surface area contributed by atoms with Gasteiger partial charge < -0.3 is 10.0 Å². The van der Waals surface area contributed by atoms with Gasteiger partial charge in [-0.25, -0.2) is 0 Å². The molecule has 0 saturated carbocycles. The molecule has 1 aliphatic rings. The molecule has 1 aliphatic heterocycles. The molecule has 110 valence electrons. The van der Waals surface area contributed by atoms with Gasteiger partial charge in [0, 0.05) is 25.2 Å². The number of likely N-dealkylation sites (tertiary alicyclic amines) is 1. The van der Waals surface area contributed by atoms with E-state index in [-0.39, 0.29) is 18.9 Å². The minimum Gasteiger partial charge on any atom is -0.481 e. The molecule has 0 aliphatic carbocycles. The number of carbonyl (C=O) groups excluding carboxylic acids is 1. The summed E-state index contributed by atoms with van der Waals surface area (Å²) in [6, 6.07) is 1.95. The Balaban J connectivity index is 1.85. The molecule has 1 unspecified atom stereocenters. The summed E-state index contributed by atoms with van der Waals surface area (Å²) in [5, 5.41) is 13.0. The Labute approximate surface area is 118 Å². The normalized spacial score (nSPS) is 18.5. The smallest absolute Gasteiger partial charge is 0.303 e. The maximum Gasteiger partial charge on any atom is 0.303 e. The van der Waals surface area contributed by atoms with Crippen LogP contribution < -0.4 is 0 Å². The van der Waals surface area contributed by atoms with E-state index in [0.29, 0.717) is 18.9 Å². The van der Waals surface area contributed by atoms with Crippen molar-refractivity contribution in [3.63, 3.8) is 0 Å². The number of amides is 1. The van der Waals surface area contributed by atoms with Crippen LogP contribution in [-0.4, -0.2) is 44.8 Å². The molecule has 0 aromatic carbocycles. The number of carboxylic acid groups (broad SMARTS) is 1. The van der Waals surface area contributed by atoms with E-state index >= 15 is 0 Å². The number of aryl methyl sites for hydroxylation is 2. The average Bonchev–Trinajstić information content (AvgIpc) is 2.94. The molecule has 1 saturated heterocycles. The molecule has 1 aromatic heterocycles. The van der Waals surface area contributed by atoms with E-state index in [1.54, 1.807) is 4.68 Å². The van der Waals surface area contributed by atoms with Crippen molar-refractivity contribution in [2.24, 2.45) is 5.92 Å². The lowest BCUT2D eigenvalue weighted by molar-refractivity contribution is -0.137. The van der Waals surface area contributed by atoms with Crippen LogP contribution in [-0.2, 0) is 16.1 Å². The Hall–Kier alpha value is -1.85. The molecule has 6 nitrogen and oxygen atoms in total. The molecule has 0 spiro atoms. The second-order valence-electron chi connectivity index (χ2n) is 5.51. The van der Waals surface area contributed by atoms with Crippen molar-refractivity contribution >= 4 is 11.9 Å². The topological polar surface area (TPSA) is 75.4 Å².